The molecule has 0 heterocycles. The highest BCUT2D eigenvalue weighted by Crippen LogP contribution is 2.21. The second-order valence-electron chi connectivity index (χ2n) is 10.4. The molecule has 2 rings (SSSR count). The Bertz CT molecular complexity index is 669. The Balaban J connectivity index is 1.71. The minimum absolute atomic E-state index is 1.04. The molecule has 0 atom stereocenters. The van der Waals surface area contributed by atoms with Gasteiger partial charge in [-0.25, -0.2) is 0 Å². The SMILES string of the molecule is CCCCCCCCN(C)Cc1ccc(-c2ccc(CN(C)CCCCCCCC)cc2)cc1. The van der Waals surface area contributed by atoms with E-state index >= 15 is 0 Å². The van der Waals surface area contributed by atoms with E-state index < -0.39 is 0 Å². The number of hydrogen-bond donors (Lipinski definition) is 0. The van der Waals surface area contributed by atoms with Crippen molar-refractivity contribution in [1.29, 1.82) is 0 Å². The highest BCUT2D eigenvalue weighted by atomic mass is 15.1. The van der Waals surface area contributed by atoms with Crippen LogP contribution in [0.4, 0.5) is 0 Å². The van der Waals surface area contributed by atoms with Gasteiger partial charge in [0.2, 0.25) is 0 Å². The molecule has 0 aliphatic carbocycles. The summed E-state index contributed by atoms with van der Waals surface area (Å²) in [6.45, 7) is 9.04. The van der Waals surface area contributed by atoms with Gasteiger partial charge in [-0.2, -0.15) is 0 Å². The van der Waals surface area contributed by atoms with E-state index in [-0.39, 0.29) is 0 Å². The summed E-state index contributed by atoms with van der Waals surface area (Å²) in [7, 11) is 4.50. The maximum Gasteiger partial charge on any atom is 0.0230 e. The molecule has 0 amide bonds. The van der Waals surface area contributed by atoms with Crippen molar-refractivity contribution in [2.45, 2.75) is 104 Å². The first-order chi connectivity index (χ1) is 16.6. The molecule has 0 spiro atoms. The van der Waals surface area contributed by atoms with Gasteiger partial charge in [0.1, 0.15) is 0 Å². The van der Waals surface area contributed by atoms with Crippen LogP contribution < -0.4 is 0 Å². The van der Waals surface area contributed by atoms with Gasteiger partial charge in [-0.1, -0.05) is 127 Å². The third kappa shape index (κ3) is 12.2. The van der Waals surface area contributed by atoms with Gasteiger partial charge in [0, 0.05) is 13.1 Å². The molecule has 0 saturated carbocycles. The van der Waals surface area contributed by atoms with E-state index in [2.05, 4.69) is 86.3 Å². The average molecular weight is 465 g/mol. The average Bonchev–Trinajstić information content (AvgIpc) is 2.84. The number of rotatable bonds is 19. The Kier molecular flexibility index (Phi) is 14.9. The molecule has 0 radical (unpaired) electrons. The summed E-state index contributed by atoms with van der Waals surface area (Å²) in [5.74, 6) is 0. The summed E-state index contributed by atoms with van der Waals surface area (Å²) < 4.78 is 0. The van der Waals surface area contributed by atoms with Crippen LogP contribution in [0.5, 0.6) is 0 Å². The Labute approximate surface area is 211 Å². The molecule has 0 fully saturated rings. The summed E-state index contributed by atoms with van der Waals surface area (Å²) in [5, 5.41) is 0. The third-order valence-electron chi connectivity index (χ3n) is 6.93. The molecule has 0 bridgehead atoms. The topological polar surface area (TPSA) is 6.48 Å². The van der Waals surface area contributed by atoms with E-state index in [1.807, 2.05) is 0 Å². The maximum atomic E-state index is 2.46. The van der Waals surface area contributed by atoms with Crippen LogP contribution in [0.15, 0.2) is 48.5 Å². The fourth-order valence-electron chi connectivity index (χ4n) is 4.71. The minimum Gasteiger partial charge on any atom is -0.302 e. The van der Waals surface area contributed by atoms with Crippen molar-refractivity contribution in [1.82, 2.24) is 9.80 Å². The standard InChI is InChI=1S/C32H52N2/c1-5-7-9-11-13-15-25-33(3)27-29-17-21-31(22-18-29)32-23-19-30(20-24-32)28-34(4)26-16-14-12-10-8-6-2/h17-24H,5-16,25-28H2,1-4H3. The second-order valence-corrected chi connectivity index (χ2v) is 10.4. The highest BCUT2D eigenvalue weighted by Gasteiger charge is 2.04. The van der Waals surface area contributed by atoms with Crippen molar-refractivity contribution in [2.75, 3.05) is 27.2 Å². The zero-order valence-corrected chi connectivity index (χ0v) is 22.8. The van der Waals surface area contributed by atoms with Gasteiger partial charge in [-0.05, 0) is 62.3 Å². The Morgan fingerprint density at radius 1 is 0.441 bits per heavy atom. The molecule has 0 aliphatic heterocycles. The van der Waals surface area contributed by atoms with Crippen molar-refractivity contribution in [3.8, 4) is 11.1 Å². The zero-order valence-electron chi connectivity index (χ0n) is 22.8. The summed E-state index contributed by atoms with van der Waals surface area (Å²) in [6, 6.07) is 18.3. The molecular formula is C32H52N2. The molecule has 2 heteroatoms. The number of unbranched alkanes of at least 4 members (excludes halogenated alkanes) is 10. The van der Waals surface area contributed by atoms with E-state index in [1.165, 1.54) is 112 Å². The summed E-state index contributed by atoms with van der Waals surface area (Å²) >= 11 is 0. The van der Waals surface area contributed by atoms with Gasteiger partial charge in [0.05, 0.1) is 0 Å². The fraction of sp³-hybridized carbons (Fsp3) is 0.625. The first-order valence-electron chi connectivity index (χ1n) is 14.2. The highest BCUT2D eigenvalue weighted by molar-refractivity contribution is 5.63. The molecule has 34 heavy (non-hydrogen) atoms. The lowest BCUT2D eigenvalue weighted by molar-refractivity contribution is 0.316. The predicted molar refractivity (Wildman–Crippen MR) is 151 cm³/mol. The molecule has 0 N–H and O–H groups in total. The van der Waals surface area contributed by atoms with Gasteiger partial charge in [-0.15, -0.1) is 0 Å². The van der Waals surface area contributed by atoms with Gasteiger partial charge >= 0.3 is 0 Å². The van der Waals surface area contributed by atoms with Crippen LogP contribution >= 0.6 is 0 Å². The Hall–Kier alpha value is -1.64. The number of nitrogens with zero attached hydrogens (tertiary/aromatic N) is 2. The van der Waals surface area contributed by atoms with Gasteiger partial charge in [0.25, 0.3) is 0 Å². The van der Waals surface area contributed by atoms with E-state index in [0.29, 0.717) is 0 Å². The summed E-state index contributed by atoms with van der Waals surface area (Å²) in [4.78, 5) is 4.93. The Morgan fingerprint density at radius 2 is 0.765 bits per heavy atom. The largest absolute Gasteiger partial charge is 0.302 e. The van der Waals surface area contributed by atoms with Crippen LogP contribution in [0, 0.1) is 0 Å². The molecule has 2 aromatic rings. The van der Waals surface area contributed by atoms with Crippen LogP contribution in [-0.4, -0.2) is 37.0 Å². The first-order valence-corrected chi connectivity index (χ1v) is 14.2. The van der Waals surface area contributed by atoms with Crippen LogP contribution in [-0.2, 0) is 13.1 Å². The van der Waals surface area contributed by atoms with Crippen molar-refractivity contribution < 1.29 is 0 Å². The molecule has 2 nitrogen and oxygen atoms in total. The van der Waals surface area contributed by atoms with Crippen LogP contribution in [0.2, 0.25) is 0 Å². The monoisotopic (exact) mass is 464 g/mol. The van der Waals surface area contributed by atoms with Crippen molar-refractivity contribution in [2.24, 2.45) is 0 Å². The maximum absolute atomic E-state index is 2.46. The summed E-state index contributed by atoms with van der Waals surface area (Å²) in [6.07, 6.45) is 16.4. The van der Waals surface area contributed by atoms with E-state index in [1.54, 1.807) is 0 Å². The first kappa shape index (κ1) is 28.6. The quantitative estimate of drug-likeness (QED) is 0.191. The van der Waals surface area contributed by atoms with Crippen molar-refractivity contribution in [3.05, 3.63) is 59.7 Å². The lowest BCUT2D eigenvalue weighted by Gasteiger charge is -2.17. The number of benzene rings is 2. The molecule has 0 aromatic heterocycles. The number of hydrogen-bond acceptors (Lipinski definition) is 2. The van der Waals surface area contributed by atoms with Crippen molar-refractivity contribution >= 4 is 0 Å². The lowest BCUT2D eigenvalue weighted by Crippen LogP contribution is -2.19. The molecule has 0 unspecified atom stereocenters. The molecule has 190 valence electrons. The Morgan fingerprint density at radius 3 is 1.12 bits per heavy atom. The second kappa shape index (κ2) is 17.7. The molecule has 2 aromatic carbocycles. The van der Waals surface area contributed by atoms with Crippen LogP contribution in [0.25, 0.3) is 11.1 Å². The normalized spacial score (nSPS) is 11.6. The fourth-order valence-corrected chi connectivity index (χ4v) is 4.71. The van der Waals surface area contributed by atoms with Crippen LogP contribution in [0.3, 0.4) is 0 Å². The van der Waals surface area contributed by atoms with Crippen LogP contribution in [0.1, 0.15) is 102 Å². The zero-order chi connectivity index (χ0) is 24.4. The predicted octanol–water partition coefficient (Wildman–Crippen LogP) is 8.94. The van der Waals surface area contributed by atoms with Gasteiger partial charge in [0.15, 0.2) is 0 Å². The lowest BCUT2D eigenvalue weighted by atomic mass is 10.0. The molecule has 0 aliphatic rings. The molecular weight excluding hydrogens is 412 g/mol. The smallest absolute Gasteiger partial charge is 0.0230 e. The molecule has 0 saturated heterocycles. The van der Waals surface area contributed by atoms with Gasteiger partial charge in [-0.3, -0.25) is 0 Å². The van der Waals surface area contributed by atoms with Crippen molar-refractivity contribution in [3.63, 3.8) is 0 Å². The third-order valence-corrected chi connectivity index (χ3v) is 6.93. The van der Waals surface area contributed by atoms with E-state index in [0.717, 1.165) is 13.1 Å². The summed E-state index contributed by atoms with van der Waals surface area (Å²) in [5.41, 5.74) is 5.44. The van der Waals surface area contributed by atoms with E-state index in [4.69, 9.17) is 0 Å². The minimum atomic E-state index is 1.04. The van der Waals surface area contributed by atoms with E-state index in [9.17, 15) is 0 Å². The van der Waals surface area contributed by atoms with Gasteiger partial charge < -0.3 is 9.80 Å².